The number of halogens is 1. The van der Waals surface area contributed by atoms with E-state index in [1.165, 1.54) is 11.3 Å². The Kier molecular flexibility index (Phi) is 7.93. The van der Waals surface area contributed by atoms with E-state index in [-0.39, 0.29) is 17.7 Å². The molecule has 10 heteroatoms. The lowest BCUT2D eigenvalue weighted by atomic mass is 9.95. The van der Waals surface area contributed by atoms with Crippen molar-refractivity contribution < 1.29 is 19.0 Å². The van der Waals surface area contributed by atoms with Crippen LogP contribution in [0.1, 0.15) is 42.4 Å². The molecule has 0 aliphatic carbocycles. The number of hydrogen-bond donors (Lipinski definition) is 0. The smallest absolute Gasteiger partial charge is 0.338 e. The SMILES string of the molecule is CCOC(=O)C1=C(C)N=c2s/c(=C\c3cc(C)n(-c4ccc(Cl)cc4)c3C)c(=O)n2[C@@H]1c1ccc(OC)cc1OC. The van der Waals surface area contributed by atoms with Gasteiger partial charge < -0.3 is 18.8 Å². The number of aryl methyl sites for hydroxylation is 1. The van der Waals surface area contributed by atoms with Crippen molar-refractivity contribution in [2.45, 2.75) is 33.7 Å². The van der Waals surface area contributed by atoms with Crippen LogP contribution in [0.25, 0.3) is 11.8 Å². The highest BCUT2D eigenvalue weighted by molar-refractivity contribution is 7.07. The van der Waals surface area contributed by atoms with Crippen LogP contribution < -0.4 is 24.4 Å². The molecule has 1 atom stereocenters. The molecule has 2 aromatic carbocycles. The lowest BCUT2D eigenvalue weighted by Gasteiger charge is -2.26. The number of benzene rings is 2. The maximum Gasteiger partial charge on any atom is 0.338 e. The Bertz CT molecular complexity index is 1860. The van der Waals surface area contributed by atoms with Gasteiger partial charge in [-0.3, -0.25) is 9.36 Å². The highest BCUT2D eigenvalue weighted by atomic mass is 35.5. The zero-order valence-corrected chi connectivity index (χ0v) is 25.2. The van der Waals surface area contributed by atoms with Crippen molar-refractivity contribution in [1.82, 2.24) is 9.13 Å². The fourth-order valence-corrected chi connectivity index (χ4v) is 6.36. The Morgan fingerprint density at radius 1 is 1.07 bits per heavy atom. The lowest BCUT2D eigenvalue weighted by molar-refractivity contribution is -0.139. The average Bonchev–Trinajstić information content (AvgIpc) is 3.41. The largest absolute Gasteiger partial charge is 0.497 e. The summed E-state index contributed by atoms with van der Waals surface area (Å²) in [7, 11) is 3.11. The molecule has 1 aliphatic rings. The highest BCUT2D eigenvalue weighted by Crippen LogP contribution is 2.37. The van der Waals surface area contributed by atoms with Crippen LogP contribution >= 0.6 is 22.9 Å². The summed E-state index contributed by atoms with van der Waals surface area (Å²) in [5.74, 6) is 0.539. The van der Waals surface area contributed by atoms with Gasteiger partial charge in [-0.2, -0.15) is 0 Å². The van der Waals surface area contributed by atoms with Gasteiger partial charge in [0, 0.05) is 33.7 Å². The van der Waals surface area contributed by atoms with Gasteiger partial charge in [0.15, 0.2) is 4.80 Å². The quantitative estimate of drug-likeness (QED) is 0.286. The van der Waals surface area contributed by atoms with Crippen LogP contribution in [0.5, 0.6) is 11.5 Å². The van der Waals surface area contributed by atoms with Gasteiger partial charge in [-0.25, -0.2) is 9.79 Å². The molecule has 0 spiro atoms. The first-order chi connectivity index (χ1) is 19.7. The molecular formula is C31H30ClN3O5S. The Morgan fingerprint density at radius 2 is 1.80 bits per heavy atom. The van der Waals surface area contributed by atoms with Crippen molar-refractivity contribution >= 4 is 35.0 Å². The number of nitrogens with zero attached hydrogens (tertiary/aromatic N) is 3. The molecular weight excluding hydrogens is 562 g/mol. The number of aromatic nitrogens is 2. The Balaban J connectivity index is 1.72. The molecule has 0 saturated carbocycles. The van der Waals surface area contributed by atoms with Gasteiger partial charge in [-0.05, 0) is 81.8 Å². The average molecular weight is 592 g/mol. The molecule has 41 heavy (non-hydrogen) atoms. The first-order valence-corrected chi connectivity index (χ1v) is 14.2. The number of ether oxygens (including phenoxy) is 3. The lowest BCUT2D eigenvalue weighted by Crippen LogP contribution is -2.40. The van der Waals surface area contributed by atoms with E-state index in [0.29, 0.717) is 37.1 Å². The number of allylic oxidation sites excluding steroid dienone is 1. The van der Waals surface area contributed by atoms with Crippen LogP contribution in [-0.4, -0.2) is 35.9 Å². The van der Waals surface area contributed by atoms with Gasteiger partial charge >= 0.3 is 5.97 Å². The minimum absolute atomic E-state index is 0.190. The van der Waals surface area contributed by atoms with E-state index < -0.39 is 12.0 Å². The van der Waals surface area contributed by atoms with Crippen LogP contribution in [0, 0.1) is 13.8 Å². The number of fused-ring (bicyclic) bond motifs is 1. The molecule has 0 unspecified atom stereocenters. The summed E-state index contributed by atoms with van der Waals surface area (Å²) < 4.78 is 20.6. The fourth-order valence-electron chi connectivity index (χ4n) is 5.19. The predicted molar refractivity (Wildman–Crippen MR) is 160 cm³/mol. The van der Waals surface area contributed by atoms with Gasteiger partial charge in [-0.1, -0.05) is 22.9 Å². The molecule has 3 heterocycles. The van der Waals surface area contributed by atoms with Crippen molar-refractivity contribution in [2.24, 2.45) is 4.99 Å². The maximum atomic E-state index is 14.1. The molecule has 4 aromatic rings. The summed E-state index contributed by atoms with van der Waals surface area (Å²) >= 11 is 7.38. The number of methoxy groups -OCH3 is 2. The van der Waals surface area contributed by atoms with Crippen molar-refractivity contribution in [3.63, 3.8) is 0 Å². The van der Waals surface area contributed by atoms with E-state index >= 15 is 0 Å². The summed E-state index contributed by atoms with van der Waals surface area (Å²) in [5.41, 5.74) is 5.02. The normalized spacial score (nSPS) is 15.0. The molecule has 212 valence electrons. The zero-order valence-electron chi connectivity index (χ0n) is 23.6. The molecule has 0 fully saturated rings. The summed E-state index contributed by atoms with van der Waals surface area (Å²) in [4.78, 5) is 32.5. The first-order valence-electron chi connectivity index (χ1n) is 13.0. The monoisotopic (exact) mass is 591 g/mol. The summed E-state index contributed by atoms with van der Waals surface area (Å²) in [6, 6.07) is 14.2. The van der Waals surface area contributed by atoms with E-state index in [9.17, 15) is 9.59 Å². The molecule has 8 nitrogen and oxygen atoms in total. The van der Waals surface area contributed by atoms with Crippen molar-refractivity contribution in [2.75, 3.05) is 20.8 Å². The standard InChI is InChI=1S/C31H30ClN3O5S/c1-7-40-30(37)27-18(3)33-31-35(28(27)24-13-12-23(38-5)16-25(24)39-6)29(36)26(41-31)15-20-14-17(2)34(19(20)4)22-10-8-21(32)9-11-22/h8-16,28H,7H2,1-6H3/b26-15-/t28-/m1/s1. The van der Waals surface area contributed by atoms with Gasteiger partial charge in [0.2, 0.25) is 0 Å². The van der Waals surface area contributed by atoms with Crippen LogP contribution in [0.3, 0.4) is 0 Å². The number of thiazole rings is 1. The summed E-state index contributed by atoms with van der Waals surface area (Å²) in [5, 5.41) is 0.665. The Hall–Kier alpha value is -4.08. The van der Waals surface area contributed by atoms with Gasteiger partial charge in [0.25, 0.3) is 5.56 Å². The van der Waals surface area contributed by atoms with Gasteiger partial charge in [0.1, 0.15) is 17.5 Å². The number of carbonyl (C=O) groups is 1. The zero-order chi connectivity index (χ0) is 29.4. The number of rotatable bonds is 7. The number of carbonyl (C=O) groups excluding carboxylic acids is 1. The summed E-state index contributed by atoms with van der Waals surface area (Å²) in [6.45, 7) is 7.72. The van der Waals surface area contributed by atoms with E-state index in [1.807, 2.05) is 50.3 Å². The minimum atomic E-state index is -0.796. The molecule has 0 bridgehead atoms. The number of esters is 1. The third-order valence-electron chi connectivity index (χ3n) is 7.09. The molecule has 2 aromatic heterocycles. The van der Waals surface area contributed by atoms with Crippen LogP contribution in [-0.2, 0) is 9.53 Å². The van der Waals surface area contributed by atoms with Crippen LogP contribution in [0.15, 0.2) is 69.6 Å². The van der Waals surface area contributed by atoms with E-state index in [1.54, 1.807) is 50.8 Å². The highest BCUT2D eigenvalue weighted by Gasteiger charge is 2.35. The Labute approximate surface area is 246 Å². The molecule has 1 aliphatic heterocycles. The van der Waals surface area contributed by atoms with Crippen molar-refractivity contribution in [3.8, 4) is 17.2 Å². The molecule has 0 N–H and O–H groups in total. The van der Waals surface area contributed by atoms with Gasteiger partial charge in [0.05, 0.1) is 36.6 Å². The second kappa shape index (κ2) is 11.4. The molecule has 0 radical (unpaired) electrons. The van der Waals surface area contributed by atoms with Crippen molar-refractivity contribution in [3.05, 3.63) is 107 Å². The minimum Gasteiger partial charge on any atom is -0.497 e. The second-order valence-electron chi connectivity index (χ2n) is 9.55. The second-order valence-corrected chi connectivity index (χ2v) is 11.0. The first kappa shape index (κ1) is 28.4. The van der Waals surface area contributed by atoms with E-state index in [4.69, 9.17) is 25.8 Å². The molecule has 0 saturated heterocycles. The van der Waals surface area contributed by atoms with Crippen LogP contribution in [0.4, 0.5) is 0 Å². The fraction of sp³-hybridized carbons (Fsp3) is 0.258. The van der Waals surface area contributed by atoms with Crippen molar-refractivity contribution in [1.29, 1.82) is 0 Å². The molecule has 5 rings (SSSR count). The Morgan fingerprint density at radius 3 is 2.46 bits per heavy atom. The maximum absolute atomic E-state index is 14.1. The van der Waals surface area contributed by atoms with E-state index in [2.05, 4.69) is 9.56 Å². The topological polar surface area (TPSA) is 84.1 Å². The number of hydrogen-bond acceptors (Lipinski definition) is 7. The predicted octanol–water partition coefficient (Wildman–Crippen LogP) is 4.88. The molecule has 0 amide bonds. The third-order valence-corrected chi connectivity index (χ3v) is 8.33. The van der Waals surface area contributed by atoms with E-state index in [0.717, 1.165) is 22.6 Å². The van der Waals surface area contributed by atoms with Crippen LogP contribution in [0.2, 0.25) is 5.02 Å². The summed E-state index contributed by atoms with van der Waals surface area (Å²) in [6.07, 6.45) is 1.88. The third kappa shape index (κ3) is 5.11. The van der Waals surface area contributed by atoms with Gasteiger partial charge in [-0.15, -0.1) is 0 Å².